The maximum atomic E-state index is 13.1. The average Bonchev–Trinajstić information content (AvgIpc) is 3.41. The third-order valence-corrected chi connectivity index (χ3v) is 7.14. The Bertz CT molecular complexity index is 1070. The van der Waals surface area contributed by atoms with Crippen molar-refractivity contribution in [1.82, 2.24) is 5.32 Å². The Balaban J connectivity index is 1.67. The van der Waals surface area contributed by atoms with E-state index in [1.165, 1.54) is 22.7 Å². The van der Waals surface area contributed by atoms with Crippen molar-refractivity contribution in [2.75, 3.05) is 5.32 Å². The summed E-state index contributed by atoms with van der Waals surface area (Å²) in [5.74, 6) is -1.16. The first-order valence-electron chi connectivity index (χ1n) is 9.69. The minimum absolute atomic E-state index is 0.268. The molecule has 1 aromatic carbocycles. The first kappa shape index (κ1) is 20.3. The molecule has 1 aliphatic rings. The summed E-state index contributed by atoms with van der Waals surface area (Å²) in [5.41, 5.74) is 7.54. The first-order valence-corrected chi connectivity index (χ1v) is 11.4. The highest BCUT2D eigenvalue weighted by Crippen LogP contribution is 2.38. The van der Waals surface area contributed by atoms with Gasteiger partial charge in [0.25, 0.3) is 11.8 Å². The summed E-state index contributed by atoms with van der Waals surface area (Å²) in [7, 11) is 0. The van der Waals surface area contributed by atoms with Gasteiger partial charge in [0.1, 0.15) is 5.00 Å². The number of nitrogens with one attached hydrogen (secondary N) is 2. The van der Waals surface area contributed by atoms with Crippen molar-refractivity contribution in [3.63, 3.8) is 0 Å². The van der Waals surface area contributed by atoms with Crippen molar-refractivity contribution in [3.8, 4) is 0 Å². The number of Topliss-reactive ketones (excluding diaryl/α,β-unsaturated/α-hetero) is 1. The molecule has 154 valence electrons. The molecule has 6 nitrogen and oxygen atoms in total. The number of hydrogen-bond donors (Lipinski definition) is 3. The van der Waals surface area contributed by atoms with Crippen LogP contribution < -0.4 is 16.4 Å². The van der Waals surface area contributed by atoms with Gasteiger partial charge in [-0.1, -0.05) is 24.3 Å². The van der Waals surface area contributed by atoms with Crippen LogP contribution in [0, 0.1) is 0 Å². The van der Waals surface area contributed by atoms with Gasteiger partial charge in [-0.15, -0.1) is 22.7 Å². The number of primary amides is 1. The summed E-state index contributed by atoms with van der Waals surface area (Å²) in [5, 5.41) is 8.24. The molecule has 1 unspecified atom stereocenters. The molecule has 1 aliphatic carbocycles. The molecule has 0 bridgehead atoms. The molecule has 0 saturated carbocycles. The highest BCUT2D eigenvalue weighted by Gasteiger charge is 2.29. The predicted octanol–water partition coefficient (Wildman–Crippen LogP) is 3.84. The van der Waals surface area contributed by atoms with Crippen molar-refractivity contribution < 1.29 is 14.4 Å². The zero-order valence-corrected chi connectivity index (χ0v) is 17.8. The van der Waals surface area contributed by atoms with Crippen LogP contribution in [0.25, 0.3) is 0 Å². The van der Waals surface area contributed by atoms with E-state index >= 15 is 0 Å². The van der Waals surface area contributed by atoms with Crippen LogP contribution in [0.5, 0.6) is 0 Å². The van der Waals surface area contributed by atoms with E-state index in [2.05, 4.69) is 10.6 Å². The lowest BCUT2D eigenvalue weighted by atomic mass is 9.95. The fourth-order valence-corrected chi connectivity index (χ4v) is 5.61. The number of carbonyl (C=O) groups is 3. The van der Waals surface area contributed by atoms with E-state index in [4.69, 9.17) is 5.73 Å². The highest BCUT2D eigenvalue weighted by atomic mass is 32.1. The topological polar surface area (TPSA) is 101 Å². The zero-order chi connectivity index (χ0) is 21.1. The third kappa shape index (κ3) is 4.15. The number of anilines is 1. The number of hydrogen-bond acceptors (Lipinski definition) is 6. The van der Waals surface area contributed by atoms with Crippen LogP contribution in [-0.2, 0) is 12.8 Å². The van der Waals surface area contributed by atoms with Crippen LogP contribution in [0.2, 0.25) is 0 Å². The number of rotatable bonds is 7. The monoisotopic (exact) mass is 439 g/mol. The van der Waals surface area contributed by atoms with E-state index in [1.54, 1.807) is 36.4 Å². The number of benzene rings is 1. The molecule has 2 aromatic heterocycles. The maximum Gasteiger partial charge on any atom is 0.253 e. The van der Waals surface area contributed by atoms with Gasteiger partial charge >= 0.3 is 0 Å². The first-order chi connectivity index (χ1) is 14.5. The number of thiophene rings is 2. The van der Waals surface area contributed by atoms with Crippen molar-refractivity contribution >= 4 is 45.3 Å². The molecular weight excluding hydrogens is 418 g/mol. The maximum absolute atomic E-state index is 13.1. The average molecular weight is 440 g/mol. The number of nitrogens with two attached hydrogens (primary N) is 1. The van der Waals surface area contributed by atoms with Crippen LogP contribution in [0.4, 0.5) is 5.00 Å². The lowest BCUT2D eigenvalue weighted by Gasteiger charge is -2.20. The number of carbonyl (C=O) groups excluding carboxylic acids is 3. The van der Waals surface area contributed by atoms with Crippen molar-refractivity contribution in [2.45, 2.75) is 31.8 Å². The van der Waals surface area contributed by atoms with E-state index in [0.717, 1.165) is 36.1 Å². The Labute approximate surface area is 182 Å². The predicted molar refractivity (Wildman–Crippen MR) is 119 cm³/mol. The van der Waals surface area contributed by atoms with Gasteiger partial charge in [-0.3, -0.25) is 14.4 Å². The molecule has 3 aromatic rings. The molecule has 0 radical (unpaired) electrons. The molecule has 1 atom stereocenters. The summed E-state index contributed by atoms with van der Waals surface area (Å²) in [6, 6.07) is 12.2. The Morgan fingerprint density at radius 1 is 1.00 bits per heavy atom. The molecule has 2 heterocycles. The molecule has 0 spiro atoms. The van der Waals surface area contributed by atoms with Crippen LogP contribution in [0.3, 0.4) is 0 Å². The van der Waals surface area contributed by atoms with Crippen LogP contribution in [0.15, 0.2) is 47.8 Å². The highest BCUT2D eigenvalue weighted by molar-refractivity contribution is 7.16. The molecular formula is C22H21N3O3S2. The molecule has 0 saturated heterocycles. The van der Waals surface area contributed by atoms with E-state index in [9.17, 15) is 14.4 Å². The van der Waals surface area contributed by atoms with Crippen molar-refractivity contribution in [1.29, 1.82) is 0 Å². The summed E-state index contributed by atoms with van der Waals surface area (Å²) in [4.78, 5) is 39.7. The Morgan fingerprint density at radius 3 is 2.47 bits per heavy atom. The number of ketones is 1. The van der Waals surface area contributed by atoms with E-state index < -0.39 is 12.1 Å². The summed E-state index contributed by atoms with van der Waals surface area (Å²) in [6.45, 7) is 0. The van der Waals surface area contributed by atoms with Gasteiger partial charge in [-0.05, 0) is 54.8 Å². The van der Waals surface area contributed by atoms with Gasteiger partial charge in [0, 0.05) is 10.4 Å². The Hall–Kier alpha value is -2.97. The van der Waals surface area contributed by atoms with Gasteiger partial charge in [0.15, 0.2) is 6.17 Å². The van der Waals surface area contributed by atoms with Crippen LogP contribution in [0.1, 0.15) is 53.7 Å². The molecule has 4 rings (SSSR count). The molecule has 0 aliphatic heterocycles. The fourth-order valence-electron chi connectivity index (χ4n) is 3.59. The summed E-state index contributed by atoms with van der Waals surface area (Å²) < 4.78 is 0. The zero-order valence-electron chi connectivity index (χ0n) is 16.1. The van der Waals surface area contributed by atoms with Crippen LogP contribution in [-0.4, -0.2) is 23.8 Å². The van der Waals surface area contributed by atoms with E-state index in [1.807, 2.05) is 11.4 Å². The number of fused-ring (bicyclic) bond motifs is 1. The largest absolute Gasteiger partial charge is 0.365 e. The lowest BCUT2D eigenvalue weighted by Crippen LogP contribution is -2.46. The molecule has 8 heteroatoms. The van der Waals surface area contributed by atoms with Crippen LogP contribution >= 0.6 is 22.7 Å². The lowest BCUT2D eigenvalue weighted by molar-refractivity contribution is 0.0871. The molecule has 4 N–H and O–H groups in total. The summed E-state index contributed by atoms with van der Waals surface area (Å²) >= 11 is 2.75. The quantitative estimate of drug-likeness (QED) is 0.385. The normalized spacial score (nSPS) is 13.9. The van der Waals surface area contributed by atoms with Crippen molar-refractivity contribution in [2.24, 2.45) is 5.73 Å². The van der Waals surface area contributed by atoms with Gasteiger partial charge in [-0.25, -0.2) is 0 Å². The second kappa shape index (κ2) is 8.81. The molecule has 0 fully saturated rings. The summed E-state index contributed by atoms with van der Waals surface area (Å²) in [6.07, 6.45) is 2.74. The Kier molecular flexibility index (Phi) is 5.96. The Morgan fingerprint density at radius 2 is 1.77 bits per heavy atom. The van der Waals surface area contributed by atoms with E-state index in [0.29, 0.717) is 21.0 Å². The minimum Gasteiger partial charge on any atom is -0.365 e. The van der Waals surface area contributed by atoms with Gasteiger partial charge in [0.2, 0.25) is 5.78 Å². The van der Waals surface area contributed by atoms with Gasteiger partial charge < -0.3 is 16.4 Å². The second-order valence-corrected chi connectivity index (χ2v) is 9.09. The molecule has 2 amide bonds. The number of aryl methyl sites for hydroxylation is 1. The van der Waals surface area contributed by atoms with Gasteiger partial charge in [0.05, 0.1) is 10.4 Å². The van der Waals surface area contributed by atoms with E-state index in [-0.39, 0.29) is 11.7 Å². The minimum atomic E-state index is -1.02. The smallest absolute Gasteiger partial charge is 0.253 e. The second-order valence-electron chi connectivity index (χ2n) is 7.04. The fraction of sp³-hybridized carbons (Fsp3) is 0.227. The molecule has 30 heavy (non-hydrogen) atoms. The number of amides is 2. The van der Waals surface area contributed by atoms with Crippen molar-refractivity contribution in [3.05, 3.63) is 74.3 Å². The van der Waals surface area contributed by atoms with Gasteiger partial charge in [-0.2, -0.15) is 0 Å². The SMILES string of the molecule is NC(=O)c1c(NC(NC(=O)c2ccccc2)C(=O)c2cccs2)sc2c1CCCC2. The standard InChI is InChI=1S/C22H21N3O3S2/c23-19(27)17-14-9-4-5-10-15(14)30-22(17)25-20(18(26)16-11-6-12-29-16)24-21(28)13-7-2-1-3-8-13/h1-3,6-8,11-12,20,25H,4-5,9-10H2,(H2,23,27)(H,24,28). The third-order valence-electron chi connectivity index (χ3n) is 5.03.